The lowest BCUT2D eigenvalue weighted by Crippen LogP contribution is -2.41. The van der Waals surface area contributed by atoms with E-state index in [9.17, 15) is 14.0 Å². The number of likely N-dealkylation sites (tertiary alicyclic amines) is 1. The van der Waals surface area contributed by atoms with Crippen LogP contribution in [0.3, 0.4) is 0 Å². The molecule has 3 aromatic rings. The average molecular weight is 490 g/mol. The summed E-state index contributed by atoms with van der Waals surface area (Å²) in [5.41, 5.74) is 3.10. The molecule has 0 radical (unpaired) electrons. The van der Waals surface area contributed by atoms with Crippen LogP contribution in [0.5, 0.6) is 5.75 Å². The Labute approximate surface area is 208 Å². The number of halogens is 1. The van der Waals surface area contributed by atoms with Crippen LogP contribution in [0.1, 0.15) is 64.8 Å². The number of nitrogens with zero attached hydrogens (tertiary/aromatic N) is 3. The number of hydrogen-bond donors (Lipinski definition) is 0. The zero-order valence-corrected chi connectivity index (χ0v) is 20.0. The van der Waals surface area contributed by atoms with Gasteiger partial charge in [-0.3, -0.25) is 9.59 Å². The molecule has 8 heteroatoms. The molecule has 1 saturated carbocycles. The van der Waals surface area contributed by atoms with Crippen LogP contribution in [-0.2, 0) is 17.8 Å². The molecule has 0 spiro atoms. The second-order valence-corrected chi connectivity index (χ2v) is 9.79. The smallest absolute Gasteiger partial charge is 0.275 e. The minimum absolute atomic E-state index is 0.0709. The SMILES string of the molecule is O=C(c1coc(COc2ccc3c(c2)[C@H](c2cccc(F)c2)N(C(=O)C2CC2)CC3)n1)N1CCCC1. The van der Waals surface area contributed by atoms with Crippen molar-refractivity contribution in [3.8, 4) is 5.75 Å². The van der Waals surface area contributed by atoms with Crippen LogP contribution in [0, 0.1) is 11.7 Å². The lowest BCUT2D eigenvalue weighted by molar-refractivity contribution is -0.134. The largest absolute Gasteiger partial charge is 0.484 e. The summed E-state index contributed by atoms with van der Waals surface area (Å²) in [6.45, 7) is 2.17. The Morgan fingerprint density at radius 3 is 2.69 bits per heavy atom. The molecule has 1 aliphatic carbocycles. The van der Waals surface area contributed by atoms with Crippen molar-refractivity contribution in [3.63, 3.8) is 0 Å². The molecule has 6 rings (SSSR count). The van der Waals surface area contributed by atoms with E-state index in [4.69, 9.17) is 9.15 Å². The fourth-order valence-electron chi connectivity index (χ4n) is 5.22. The molecule has 7 nitrogen and oxygen atoms in total. The molecule has 1 saturated heterocycles. The van der Waals surface area contributed by atoms with E-state index in [0.717, 1.165) is 61.9 Å². The summed E-state index contributed by atoms with van der Waals surface area (Å²) < 4.78 is 25.6. The topological polar surface area (TPSA) is 75.9 Å². The molecule has 0 bridgehead atoms. The van der Waals surface area contributed by atoms with Gasteiger partial charge in [-0.05, 0) is 73.1 Å². The standard InChI is InChI=1S/C28H28FN3O4/c29-21-5-3-4-20(14-21)26-23-15-22(9-8-18(23)10-13-32(26)27(33)19-6-7-19)35-17-25-30-24(16-36-25)28(34)31-11-1-2-12-31/h3-5,8-9,14-16,19,26H,1-2,6-7,10-13,17H2/t26-/m0/s1. The van der Waals surface area contributed by atoms with Gasteiger partial charge in [0.25, 0.3) is 5.91 Å². The maximum absolute atomic E-state index is 14.2. The molecule has 3 aliphatic rings. The summed E-state index contributed by atoms with van der Waals surface area (Å²) in [6.07, 6.45) is 5.98. The number of benzene rings is 2. The molecule has 3 heterocycles. The van der Waals surface area contributed by atoms with Gasteiger partial charge in [-0.15, -0.1) is 0 Å². The van der Waals surface area contributed by atoms with Crippen molar-refractivity contribution in [2.24, 2.45) is 5.92 Å². The van der Waals surface area contributed by atoms with Crippen molar-refractivity contribution < 1.29 is 23.1 Å². The van der Waals surface area contributed by atoms with Crippen molar-refractivity contribution in [2.45, 2.75) is 44.8 Å². The van der Waals surface area contributed by atoms with Crippen LogP contribution < -0.4 is 4.74 Å². The van der Waals surface area contributed by atoms with Gasteiger partial charge in [0.2, 0.25) is 11.8 Å². The Morgan fingerprint density at radius 1 is 1.08 bits per heavy atom. The van der Waals surface area contributed by atoms with Gasteiger partial charge >= 0.3 is 0 Å². The summed E-state index contributed by atoms with van der Waals surface area (Å²) >= 11 is 0. The molecule has 0 unspecified atom stereocenters. The second kappa shape index (κ2) is 9.41. The Hall–Kier alpha value is -3.68. The monoisotopic (exact) mass is 489 g/mol. The zero-order chi connectivity index (χ0) is 24.6. The number of ether oxygens (including phenoxy) is 1. The average Bonchev–Trinajstić information content (AvgIpc) is 3.38. The highest BCUT2D eigenvalue weighted by Crippen LogP contribution is 2.41. The summed E-state index contributed by atoms with van der Waals surface area (Å²) in [6, 6.07) is 11.9. The minimum atomic E-state index is -0.368. The fraction of sp³-hybridized carbons (Fsp3) is 0.393. The number of oxazole rings is 1. The third-order valence-corrected chi connectivity index (χ3v) is 7.25. The fourth-order valence-corrected chi connectivity index (χ4v) is 5.22. The van der Waals surface area contributed by atoms with Gasteiger partial charge < -0.3 is 19.0 Å². The number of carbonyl (C=O) groups excluding carboxylic acids is 2. The number of carbonyl (C=O) groups is 2. The molecule has 1 atom stereocenters. The first-order valence-electron chi connectivity index (χ1n) is 12.6. The summed E-state index contributed by atoms with van der Waals surface area (Å²) in [4.78, 5) is 33.7. The third kappa shape index (κ3) is 4.47. The van der Waals surface area contributed by atoms with Gasteiger partial charge in [0.15, 0.2) is 12.3 Å². The number of fused-ring (bicyclic) bond motifs is 1. The van der Waals surface area contributed by atoms with Gasteiger partial charge in [0.1, 0.15) is 17.8 Å². The predicted molar refractivity (Wildman–Crippen MR) is 129 cm³/mol. The van der Waals surface area contributed by atoms with Gasteiger partial charge in [0.05, 0.1) is 6.04 Å². The van der Waals surface area contributed by atoms with E-state index in [-0.39, 0.29) is 36.2 Å². The van der Waals surface area contributed by atoms with Crippen molar-refractivity contribution in [1.82, 2.24) is 14.8 Å². The van der Waals surface area contributed by atoms with Crippen LogP contribution in [0.25, 0.3) is 0 Å². The minimum Gasteiger partial charge on any atom is -0.484 e. The van der Waals surface area contributed by atoms with E-state index < -0.39 is 0 Å². The molecule has 186 valence electrons. The molecular formula is C28H28FN3O4. The third-order valence-electron chi connectivity index (χ3n) is 7.25. The number of hydrogen-bond acceptors (Lipinski definition) is 5. The summed E-state index contributed by atoms with van der Waals surface area (Å²) in [5, 5.41) is 0. The quantitative estimate of drug-likeness (QED) is 0.509. The molecular weight excluding hydrogens is 461 g/mol. The molecule has 36 heavy (non-hydrogen) atoms. The Balaban J connectivity index is 1.23. The highest BCUT2D eigenvalue weighted by Gasteiger charge is 2.39. The van der Waals surface area contributed by atoms with E-state index in [2.05, 4.69) is 4.98 Å². The lowest BCUT2D eigenvalue weighted by Gasteiger charge is -2.38. The van der Waals surface area contributed by atoms with E-state index >= 15 is 0 Å². The normalized spacial score (nSPS) is 19.3. The predicted octanol–water partition coefficient (Wildman–Crippen LogP) is 4.51. The maximum Gasteiger partial charge on any atom is 0.275 e. The van der Waals surface area contributed by atoms with Gasteiger partial charge in [0, 0.05) is 25.6 Å². The van der Waals surface area contributed by atoms with Gasteiger partial charge in [-0.25, -0.2) is 9.37 Å². The zero-order valence-electron chi connectivity index (χ0n) is 20.0. The molecule has 0 N–H and O–H groups in total. The first-order chi connectivity index (χ1) is 17.6. The van der Waals surface area contributed by atoms with E-state index in [1.165, 1.54) is 18.4 Å². The molecule has 1 aromatic heterocycles. The molecule has 2 aromatic carbocycles. The highest BCUT2D eigenvalue weighted by atomic mass is 19.1. The number of amides is 2. The van der Waals surface area contributed by atoms with Crippen molar-refractivity contribution in [3.05, 3.63) is 82.8 Å². The highest BCUT2D eigenvalue weighted by molar-refractivity contribution is 5.92. The Bertz CT molecular complexity index is 1300. The van der Waals surface area contributed by atoms with Crippen molar-refractivity contribution in [1.29, 1.82) is 0 Å². The van der Waals surface area contributed by atoms with Crippen LogP contribution in [0.4, 0.5) is 4.39 Å². The Kier molecular flexibility index (Phi) is 5.95. The maximum atomic E-state index is 14.2. The summed E-state index contributed by atoms with van der Waals surface area (Å²) in [7, 11) is 0. The number of rotatable bonds is 6. The van der Waals surface area contributed by atoms with Gasteiger partial charge in [-0.2, -0.15) is 0 Å². The van der Waals surface area contributed by atoms with Crippen LogP contribution in [0.15, 0.2) is 53.1 Å². The summed E-state index contributed by atoms with van der Waals surface area (Å²) in [5.74, 6) is 0.688. The lowest BCUT2D eigenvalue weighted by atomic mass is 9.87. The van der Waals surface area contributed by atoms with Gasteiger partial charge in [-0.1, -0.05) is 18.2 Å². The number of aromatic nitrogens is 1. The Morgan fingerprint density at radius 2 is 1.92 bits per heavy atom. The van der Waals surface area contributed by atoms with E-state index in [1.807, 2.05) is 29.2 Å². The second-order valence-electron chi connectivity index (χ2n) is 9.79. The van der Waals surface area contributed by atoms with Crippen molar-refractivity contribution in [2.75, 3.05) is 19.6 Å². The first-order valence-corrected chi connectivity index (χ1v) is 12.6. The van der Waals surface area contributed by atoms with Crippen LogP contribution >= 0.6 is 0 Å². The first kappa shape index (κ1) is 22.8. The van der Waals surface area contributed by atoms with Crippen molar-refractivity contribution >= 4 is 11.8 Å². The van der Waals surface area contributed by atoms with E-state index in [1.54, 1.807) is 11.0 Å². The molecule has 2 fully saturated rings. The van der Waals surface area contributed by atoms with Crippen LogP contribution in [-0.4, -0.2) is 46.2 Å². The van der Waals surface area contributed by atoms with E-state index in [0.29, 0.717) is 23.9 Å². The molecule has 2 aliphatic heterocycles. The molecule has 2 amide bonds. The van der Waals surface area contributed by atoms with Crippen LogP contribution in [0.2, 0.25) is 0 Å².